The second-order valence-corrected chi connectivity index (χ2v) is 3.91. The smallest absolute Gasteiger partial charge is 0.328 e. The summed E-state index contributed by atoms with van der Waals surface area (Å²) in [6, 6.07) is -1.87. The van der Waals surface area contributed by atoms with E-state index in [9.17, 15) is 9.59 Å². The predicted molar refractivity (Wildman–Crippen MR) is 68.7 cm³/mol. The number of carbonyl (C=O) groups excluding carboxylic acids is 1. The number of nitrogens with two attached hydrogens (primary N) is 1. The summed E-state index contributed by atoms with van der Waals surface area (Å²) in [5, 5.41) is 32.1. The number of carboxylic acids is 1. The summed E-state index contributed by atoms with van der Waals surface area (Å²) in [4.78, 5) is 22.4. The van der Waals surface area contributed by atoms with Gasteiger partial charge in [0.2, 0.25) is 5.91 Å². The van der Waals surface area contributed by atoms with E-state index in [2.05, 4.69) is 16.0 Å². The van der Waals surface area contributed by atoms with E-state index in [4.69, 9.17) is 21.4 Å². The zero-order chi connectivity index (χ0) is 14.8. The second-order valence-electron chi connectivity index (χ2n) is 3.91. The van der Waals surface area contributed by atoms with E-state index in [-0.39, 0.29) is 5.96 Å². The molecule has 0 aromatic carbocycles. The van der Waals surface area contributed by atoms with Gasteiger partial charge in [0.25, 0.3) is 0 Å². The summed E-state index contributed by atoms with van der Waals surface area (Å²) in [6.45, 7) is -0.216. The molecule has 9 heteroatoms. The maximum absolute atomic E-state index is 11.7. The number of likely N-dealkylation sites (N-methyl/N-ethyl adjacent to an activating group) is 1. The lowest BCUT2D eigenvalue weighted by Crippen LogP contribution is -2.51. The minimum Gasteiger partial charge on any atom is -0.480 e. The monoisotopic (exact) mass is 275 g/mol. The Labute approximate surface area is 111 Å². The van der Waals surface area contributed by atoms with Crippen molar-refractivity contribution in [2.75, 3.05) is 20.2 Å². The van der Waals surface area contributed by atoms with E-state index < -0.39 is 30.6 Å². The van der Waals surface area contributed by atoms with Crippen LogP contribution in [-0.2, 0) is 9.59 Å². The molecular weight excluding hydrogens is 254 g/mol. The van der Waals surface area contributed by atoms with Gasteiger partial charge in [0, 0.05) is 6.54 Å². The van der Waals surface area contributed by atoms with Crippen molar-refractivity contribution in [3.8, 4) is 0 Å². The number of aliphatic carboxylic acids is 1. The molecule has 0 aromatic rings. The summed E-state index contributed by atoms with van der Waals surface area (Å²) in [5.74, 6) is -1.92. The van der Waals surface area contributed by atoms with Crippen LogP contribution in [0.25, 0.3) is 0 Å². The van der Waals surface area contributed by atoms with Gasteiger partial charge in [-0.1, -0.05) is 0 Å². The van der Waals surface area contributed by atoms with Crippen molar-refractivity contribution < 1.29 is 19.8 Å². The fourth-order valence-electron chi connectivity index (χ4n) is 1.39. The van der Waals surface area contributed by atoms with Crippen molar-refractivity contribution in [3.05, 3.63) is 0 Å². The number of carbonyl (C=O) groups is 2. The number of amides is 1. The van der Waals surface area contributed by atoms with Crippen LogP contribution >= 0.6 is 0 Å². The standard InChI is InChI=1S/C10H21N5O4/c1-13-6(3-2-4-14-10(11)12)8(17)15-7(5-16)9(18)19/h6-7,13,16H,2-5H2,1H3,(H,15,17)(H,18,19)(H4,11,12,14)/t6-,7?/m0/s1. The van der Waals surface area contributed by atoms with Crippen LogP contribution in [0, 0.1) is 5.41 Å². The minimum absolute atomic E-state index is 0.142. The molecular formula is C10H21N5O4. The first kappa shape index (κ1) is 17.1. The lowest BCUT2D eigenvalue weighted by atomic mass is 10.1. The van der Waals surface area contributed by atoms with Crippen LogP contribution < -0.4 is 21.7 Å². The Kier molecular flexibility index (Phi) is 8.22. The van der Waals surface area contributed by atoms with Crippen LogP contribution in [0.5, 0.6) is 0 Å². The summed E-state index contributed by atoms with van der Waals surface area (Å²) >= 11 is 0. The minimum atomic E-state index is -1.31. The van der Waals surface area contributed by atoms with Crippen molar-refractivity contribution in [1.29, 1.82) is 5.41 Å². The third-order valence-electron chi connectivity index (χ3n) is 2.45. The summed E-state index contributed by atoms with van der Waals surface area (Å²) in [7, 11) is 1.58. The van der Waals surface area contributed by atoms with E-state index >= 15 is 0 Å². The topological polar surface area (TPSA) is 161 Å². The van der Waals surface area contributed by atoms with Gasteiger partial charge >= 0.3 is 5.97 Å². The summed E-state index contributed by atoms with van der Waals surface area (Å²) in [6.07, 6.45) is 1.02. The Morgan fingerprint density at radius 3 is 2.42 bits per heavy atom. The van der Waals surface area contributed by atoms with Crippen molar-refractivity contribution in [2.24, 2.45) is 5.73 Å². The highest BCUT2D eigenvalue weighted by Gasteiger charge is 2.23. The first-order valence-electron chi connectivity index (χ1n) is 5.81. The van der Waals surface area contributed by atoms with Gasteiger partial charge in [-0.25, -0.2) is 4.79 Å². The molecule has 19 heavy (non-hydrogen) atoms. The first-order valence-corrected chi connectivity index (χ1v) is 5.81. The largest absolute Gasteiger partial charge is 0.480 e. The van der Waals surface area contributed by atoms with Crippen molar-refractivity contribution in [3.63, 3.8) is 0 Å². The molecule has 2 atom stereocenters. The molecule has 0 saturated carbocycles. The predicted octanol–water partition coefficient (Wildman–Crippen LogP) is -2.60. The van der Waals surface area contributed by atoms with Gasteiger partial charge in [-0.15, -0.1) is 0 Å². The van der Waals surface area contributed by atoms with E-state index in [0.29, 0.717) is 19.4 Å². The van der Waals surface area contributed by atoms with E-state index in [1.165, 1.54) is 0 Å². The van der Waals surface area contributed by atoms with Gasteiger partial charge in [0.1, 0.15) is 6.04 Å². The Bertz CT molecular complexity index is 323. The lowest BCUT2D eigenvalue weighted by molar-refractivity contribution is -0.143. The number of aliphatic hydroxyl groups is 1. The molecule has 0 aromatic heterocycles. The van der Waals surface area contributed by atoms with Gasteiger partial charge in [-0.3, -0.25) is 10.2 Å². The Balaban J connectivity index is 4.16. The zero-order valence-electron chi connectivity index (χ0n) is 10.8. The molecule has 0 saturated heterocycles. The molecule has 9 nitrogen and oxygen atoms in total. The number of hydrogen-bond acceptors (Lipinski definition) is 5. The van der Waals surface area contributed by atoms with Crippen LogP contribution in [0.3, 0.4) is 0 Å². The molecule has 0 aliphatic rings. The number of carboxylic acid groups (broad SMARTS) is 1. The van der Waals surface area contributed by atoms with Crippen LogP contribution in [0.1, 0.15) is 12.8 Å². The van der Waals surface area contributed by atoms with Gasteiger partial charge < -0.3 is 31.9 Å². The molecule has 0 rings (SSSR count). The van der Waals surface area contributed by atoms with E-state index in [0.717, 1.165) is 0 Å². The Morgan fingerprint density at radius 2 is 2.00 bits per heavy atom. The van der Waals surface area contributed by atoms with Crippen molar-refractivity contribution in [1.82, 2.24) is 16.0 Å². The van der Waals surface area contributed by atoms with Crippen molar-refractivity contribution in [2.45, 2.75) is 24.9 Å². The zero-order valence-corrected chi connectivity index (χ0v) is 10.8. The molecule has 0 fully saturated rings. The molecule has 1 unspecified atom stereocenters. The maximum Gasteiger partial charge on any atom is 0.328 e. The fraction of sp³-hybridized carbons (Fsp3) is 0.700. The summed E-state index contributed by atoms with van der Waals surface area (Å²) < 4.78 is 0. The highest BCUT2D eigenvalue weighted by Crippen LogP contribution is 1.97. The molecule has 0 heterocycles. The number of hydrogen-bond donors (Lipinski definition) is 7. The molecule has 0 aliphatic carbocycles. The lowest BCUT2D eigenvalue weighted by Gasteiger charge is -2.18. The molecule has 0 aliphatic heterocycles. The highest BCUT2D eigenvalue weighted by molar-refractivity contribution is 5.86. The van der Waals surface area contributed by atoms with Crippen LogP contribution in [0.15, 0.2) is 0 Å². The molecule has 0 radical (unpaired) electrons. The third-order valence-corrected chi connectivity index (χ3v) is 2.45. The van der Waals surface area contributed by atoms with Gasteiger partial charge in [-0.05, 0) is 19.9 Å². The highest BCUT2D eigenvalue weighted by atomic mass is 16.4. The Morgan fingerprint density at radius 1 is 1.37 bits per heavy atom. The van der Waals surface area contributed by atoms with Crippen LogP contribution in [-0.4, -0.2) is 60.3 Å². The normalized spacial score (nSPS) is 13.4. The molecule has 1 amide bonds. The number of nitrogens with one attached hydrogen (secondary N) is 4. The summed E-state index contributed by atoms with van der Waals surface area (Å²) in [5.41, 5.74) is 5.10. The molecule has 0 spiro atoms. The SMILES string of the molecule is CN[C@@H](CCCNC(=N)N)C(=O)NC(CO)C(=O)O. The van der Waals surface area contributed by atoms with E-state index in [1.54, 1.807) is 7.05 Å². The van der Waals surface area contributed by atoms with Crippen LogP contribution in [0.4, 0.5) is 0 Å². The second kappa shape index (κ2) is 9.11. The van der Waals surface area contributed by atoms with Crippen molar-refractivity contribution >= 4 is 17.8 Å². The third kappa shape index (κ3) is 7.21. The van der Waals surface area contributed by atoms with Gasteiger partial charge in [0.15, 0.2) is 5.96 Å². The van der Waals surface area contributed by atoms with Crippen LogP contribution in [0.2, 0.25) is 0 Å². The average Bonchev–Trinajstić information content (AvgIpc) is 2.34. The number of rotatable bonds is 9. The number of guanidine groups is 1. The quantitative estimate of drug-likeness (QED) is 0.138. The van der Waals surface area contributed by atoms with Gasteiger partial charge in [0.05, 0.1) is 12.6 Å². The maximum atomic E-state index is 11.7. The molecule has 8 N–H and O–H groups in total. The van der Waals surface area contributed by atoms with Gasteiger partial charge in [-0.2, -0.15) is 0 Å². The average molecular weight is 275 g/mol. The number of aliphatic hydroxyl groups excluding tert-OH is 1. The molecule has 0 bridgehead atoms. The fourth-order valence-corrected chi connectivity index (χ4v) is 1.39. The van der Waals surface area contributed by atoms with E-state index in [1.807, 2.05) is 0 Å². The Hall–Kier alpha value is -1.87. The molecule has 110 valence electrons. The first-order chi connectivity index (χ1) is 8.92.